The Hall–Kier alpha value is -9.38. The molecule has 0 aliphatic heterocycles. The second kappa shape index (κ2) is 29.1. The highest BCUT2D eigenvalue weighted by molar-refractivity contribution is 5.73. The van der Waals surface area contributed by atoms with Crippen molar-refractivity contribution < 1.29 is 0 Å². The number of aryl methyl sites for hydroxylation is 1. The Morgan fingerprint density at radius 2 is 0.391 bits per heavy atom. The maximum atomic E-state index is 2.24. The third-order valence-electron chi connectivity index (χ3n) is 16.1. The van der Waals surface area contributed by atoms with Crippen LogP contribution in [0.5, 0.6) is 0 Å². The number of para-hydroxylation sites is 2. The fourth-order valence-electron chi connectivity index (χ4n) is 10.3. The van der Waals surface area contributed by atoms with Crippen LogP contribution in [0.4, 0.5) is 45.5 Å². The number of hydrogen-bond donors (Lipinski definition) is 0. The fraction of sp³-hybridized carbons (Fsp3) is 0.205. The Balaban J connectivity index is 0.000000152. The monoisotopic (exact) mass is 1140 g/mol. The van der Waals surface area contributed by atoms with E-state index < -0.39 is 0 Å². The van der Waals surface area contributed by atoms with Crippen LogP contribution in [0.1, 0.15) is 84.6 Å². The summed E-state index contributed by atoms with van der Waals surface area (Å²) in [6.45, 7) is 22.3. The van der Waals surface area contributed by atoms with E-state index in [1.165, 1.54) is 101 Å². The summed E-state index contributed by atoms with van der Waals surface area (Å²) >= 11 is 0. The number of hydrogen-bond acceptors (Lipinski definition) is 4. The van der Waals surface area contributed by atoms with Crippen LogP contribution in [-0.2, 0) is 16.2 Å². The van der Waals surface area contributed by atoms with E-state index in [1.807, 2.05) is 24.3 Å². The molecule has 0 saturated carbocycles. The van der Waals surface area contributed by atoms with Gasteiger partial charge in [-0.15, -0.1) is 0 Å². The maximum Gasteiger partial charge on any atom is 0.0437 e. The molecule has 11 aromatic rings. The smallest absolute Gasteiger partial charge is 0.0437 e. The highest BCUT2D eigenvalue weighted by Gasteiger charge is 2.17. The van der Waals surface area contributed by atoms with Crippen LogP contribution in [-0.4, -0.2) is 28.2 Å². The minimum Gasteiger partial charge on any atom is -0.345 e. The first-order chi connectivity index (χ1) is 41.6. The molecular weight excluding hydrogens is 1050 g/mol. The van der Waals surface area contributed by atoms with Gasteiger partial charge in [-0.3, -0.25) is 0 Å². The Bertz CT molecular complexity index is 3700. The summed E-state index contributed by atoms with van der Waals surface area (Å²) in [5.74, 6) is 0. The molecule has 0 bridgehead atoms. The molecule has 0 amide bonds. The highest BCUT2D eigenvalue weighted by atomic mass is 15.1. The van der Waals surface area contributed by atoms with Crippen molar-refractivity contribution in [3.05, 3.63) is 313 Å². The van der Waals surface area contributed by atoms with Crippen molar-refractivity contribution in [3.8, 4) is 33.4 Å². The zero-order valence-corrected chi connectivity index (χ0v) is 54.0. The van der Waals surface area contributed by atoms with E-state index in [4.69, 9.17) is 0 Å². The lowest BCUT2D eigenvalue weighted by atomic mass is 9.87. The molecule has 0 radical (unpaired) electrons. The molecule has 0 fully saturated rings. The average molecular weight is 1140 g/mol. The van der Waals surface area contributed by atoms with Gasteiger partial charge in [-0.05, 0) is 170 Å². The molecular formula is C83H90N4. The number of benzene rings is 11. The molecule has 0 saturated heterocycles. The minimum atomic E-state index is 0.189. The summed E-state index contributed by atoms with van der Waals surface area (Å²) in [7, 11) is 8.44. The van der Waals surface area contributed by atoms with Crippen LogP contribution in [0.25, 0.3) is 33.4 Å². The van der Waals surface area contributed by atoms with Gasteiger partial charge < -0.3 is 19.6 Å². The second-order valence-electron chi connectivity index (χ2n) is 25.5. The van der Waals surface area contributed by atoms with Crippen molar-refractivity contribution >= 4 is 45.5 Å². The minimum absolute atomic E-state index is 0.189. The van der Waals surface area contributed by atoms with Gasteiger partial charge >= 0.3 is 0 Å². The summed E-state index contributed by atoms with van der Waals surface area (Å²) in [6, 6.07) is 103. The third kappa shape index (κ3) is 17.6. The van der Waals surface area contributed by atoms with E-state index in [9.17, 15) is 0 Å². The molecule has 11 aromatic carbocycles. The molecule has 0 heterocycles. The highest BCUT2D eigenvalue weighted by Crippen LogP contribution is 2.34. The van der Waals surface area contributed by atoms with Crippen LogP contribution in [0.3, 0.4) is 0 Å². The van der Waals surface area contributed by atoms with Gasteiger partial charge in [0, 0.05) is 73.7 Å². The van der Waals surface area contributed by atoms with Crippen LogP contribution >= 0.6 is 0 Å². The van der Waals surface area contributed by atoms with Crippen molar-refractivity contribution in [2.24, 2.45) is 0 Å². The summed E-state index contributed by atoms with van der Waals surface area (Å²) in [5, 5.41) is 0. The quantitative estimate of drug-likeness (QED) is 0.128. The zero-order chi connectivity index (χ0) is 62.1. The topological polar surface area (TPSA) is 13.0 Å². The average Bonchev–Trinajstić information content (AvgIpc) is 3.26. The van der Waals surface area contributed by atoms with Gasteiger partial charge in [-0.25, -0.2) is 0 Å². The van der Waals surface area contributed by atoms with Gasteiger partial charge in [0.25, 0.3) is 0 Å². The van der Waals surface area contributed by atoms with Gasteiger partial charge in [-0.2, -0.15) is 0 Å². The van der Waals surface area contributed by atoms with Gasteiger partial charge in [0.2, 0.25) is 0 Å². The molecule has 442 valence electrons. The van der Waals surface area contributed by atoms with Gasteiger partial charge in [0.15, 0.2) is 0 Å². The molecule has 0 aliphatic carbocycles. The third-order valence-corrected chi connectivity index (χ3v) is 16.1. The Morgan fingerprint density at radius 1 is 0.195 bits per heavy atom. The van der Waals surface area contributed by atoms with Gasteiger partial charge in [-0.1, -0.05) is 263 Å². The van der Waals surface area contributed by atoms with E-state index in [-0.39, 0.29) is 16.2 Å². The van der Waals surface area contributed by atoms with Crippen molar-refractivity contribution in [2.75, 3.05) is 47.8 Å². The van der Waals surface area contributed by atoms with Gasteiger partial charge in [0.1, 0.15) is 0 Å². The Morgan fingerprint density at radius 3 is 0.644 bits per heavy atom. The maximum absolute atomic E-state index is 2.24. The molecule has 0 spiro atoms. The predicted molar refractivity (Wildman–Crippen MR) is 381 cm³/mol. The first-order valence-corrected chi connectivity index (χ1v) is 30.5. The summed E-state index contributed by atoms with van der Waals surface area (Å²) in [6.07, 6.45) is 0. The summed E-state index contributed by atoms with van der Waals surface area (Å²) in [5.41, 5.74) is 23.1. The Labute approximate surface area is 522 Å². The predicted octanol–water partition coefficient (Wildman–Crippen LogP) is 23.0. The summed E-state index contributed by atoms with van der Waals surface area (Å²) < 4.78 is 0. The number of anilines is 8. The van der Waals surface area contributed by atoms with Crippen molar-refractivity contribution in [1.29, 1.82) is 0 Å². The first kappa shape index (κ1) is 63.6. The first-order valence-electron chi connectivity index (χ1n) is 30.5. The molecule has 87 heavy (non-hydrogen) atoms. The van der Waals surface area contributed by atoms with E-state index in [0.717, 1.165) is 0 Å². The molecule has 0 N–H and O–H groups in total. The number of rotatable bonds is 11. The molecule has 0 aromatic heterocycles. The van der Waals surface area contributed by atoms with Crippen molar-refractivity contribution in [2.45, 2.75) is 85.5 Å². The molecule has 4 nitrogen and oxygen atoms in total. The van der Waals surface area contributed by atoms with E-state index >= 15 is 0 Å². The van der Waals surface area contributed by atoms with Crippen LogP contribution in [0.2, 0.25) is 0 Å². The number of nitrogens with zero attached hydrogens (tertiary/aromatic N) is 4. The summed E-state index contributed by atoms with van der Waals surface area (Å²) in [4.78, 5) is 8.87. The molecule has 0 aliphatic rings. The molecule has 4 heteroatoms. The largest absolute Gasteiger partial charge is 0.345 e. The second-order valence-corrected chi connectivity index (χ2v) is 25.5. The molecule has 11 rings (SSSR count). The van der Waals surface area contributed by atoms with E-state index in [1.54, 1.807) is 0 Å². The lowest BCUT2D eigenvalue weighted by molar-refractivity contribution is 0.590. The molecule has 0 unspecified atom stereocenters. The van der Waals surface area contributed by atoms with Crippen molar-refractivity contribution in [1.82, 2.24) is 0 Å². The standard InChI is InChI=1S/C25H21N.C23H25N.C18H23N.C17H21N/c1-26(24-16-12-22(13-17-24)20-8-4-2-5-9-20)25-18-14-23(15-19-25)21-10-6-3-7-11-21;1-23(2,3)20-12-16-22(17-13-20)24(4)21-14-10-19(11-15-21)18-8-6-5-7-9-18;1-14-8-6-7-9-17(14)19(5)16-12-10-15(11-13-16)18(2,3)4;1-17(2,3)14-10-12-16(13-11-14)18(4)15-8-6-5-7-9-15/h2-19H,1H3;5-17H,1-4H3;6-13H,1-5H3;5-13H,1-4H3. The van der Waals surface area contributed by atoms with Crippen molar-refractivity contribution in [3.63, 3.8) is 0 Å². The normalized spacial score (nSPS) is 11.1. The van der Waals surface area contributed by atoms with E-state index in [0.29, 0.717) is 0 Å². The molecule has 0 atom stereocenters. The zero-order valence-electron chi connectivity index (χ0n) is 54.0. The van der Waals surface area contributed by atoms with Gasteiger partial charge in [0.05, 0.1) is 0 Å². The van der Waals surface area contributed by atoms with Crippen LogP contribution < -0.4 is 19.6 Å². The lowest BCUT2D eigenvalue weighted by Gasteiger charge is -2.24. The Kier molecular flexibility index (Phi) is 21.3. The van der Waals surface area contributed by atoms with Crippen LogP contribution in [0.15, 0.2) is 291 Å². The van der Waals surface area contributed by atoms with Crippen LogP contribution in [0, 0.1) is 6.92 Å². The fourth-order valence-corrected chi connectivity index (χ4v) is 10.3. The lowest BCUT2D eigenvalue weighted by Crippen LogP contribution is -2.13. The SMILES string of the molecule is CN(c1ccc(-c2ccccc2)cc1)c1ccc(-c2ccccc2)cc1.CN(c1ccc(-c2ccccc2)cc1)c1ccc(C(C)(C)C)cc1.CN(c1ccccc1)c1ccc(C(C)(C)C)cc1.Cc1ccccc1N(C)c1ccc(C(C)(C)C)cc1. The van der Waals surface area contributed by atoms with E-state index in [2.05, 4.69) is 384 Å².